The lowest BCUT2D eigenvalue weighted by Gasteiger charge is -2.08. The first-order chi connectivity index (χ1) is 8.69. The highest BCUT2D eigenvalue weighted by atomic mass is 32.2. The Bertz CT molecular complexity index is 516. The summed E-state index contributed by atoms with van der Waals surface area (Å²) in [6.45, 7) is 4.06. The van der Waals surface area contributed by atoms with Gasteiger partial charge in [-0.1, -0.05) is 13.8 Å². The molecule has 0 saturated heterocycles. The van der Waals surface area contributed by atoms with Crippen LogP contribution in [0.2, 0.25) is 0 Å². The van der Waals surface area contributed by atoms with Gasteiger partial charge in [0.05, 0.1) is 0 Å². The first kappa shape index (κ1) is 12.7. The second-order valence-electron chi connectivity index (χ2n) is 3.88. The molecule has 0 bridgehead atoms. The summed E-state index contributed by atoms with van der Waals surface area (Å²) in [5.41, 5.74) is 2.54. The second kappa shape index (κ2) is 5.74. The van der Waals surface area contributed by atoms with Crippen molar-refractivity contribution in [2.45, 2.75) is 29.9 Å². The van der Waals surface area contributed by atoms with Crippen molar-refractivity contribution in [1.82, 2.24) is 19.9 Å². The smallest absolute Gasteiger partial charge is 0.193 e. The van der Waals surface area contributed by atoms with Crippen molar-refractivity contribution in [3.05, 3.63) is 30.4 Å². The van der Waals surface area contributed by atoms with Crippen molar-refractivity contribution in [2.24, 2.45) is 5.84 Å². The molecule has 0 amide bonds. The Morgan fingerprint density at radius 3 is 2.56 bits per heavy atom. The summed E-state index contributed by atoms with van der Waals surface area (Å²) in [6, 6.07) is 3.54. The summed E-state index contributed by atoms with van der Waals surface area (Å²) < 4.78 is 0. The van der Waals surface area contributed by atoms with Crippen LogP contribution in [-0.4, -0.2) is 19.9 Å². The van der Waals surface area contributed by atoms with E-state index in [9.17, 15) is 0 Å². The van der Waals surface area contributed by atoms with Crippen LogP contribution < -0.4 is 11.3 Å². The van der Waals surface area contributed by atoms with Crippen molar-refractivity contribution in [3.63, 3.8) is 0 Å². The molecule has 0 unspecified atom stereocenters. The van der Waals surface area contributed by atoms with E-state index in [1.54, 1.807) is 24.5 Å². The SMILES string of the molecule is CC(C)c1nc(NN)cc(Sc2ncccn2)n1. The van der Waals surface area contributed by atoms with Crippen LogP contribution in [0, 0.1) is 0 Å². The van der Waals surface area contributed by atoms with Gasteiger partial charge < -0.3 is 5.43 Å². The van der Waals surface area contributed by atoms with Crippen molar-refractivity contribution in [1.29, 1.82) is 0 Å². The van der Waals surface area contributed by atoms with E-state index in [1.165, 1.54) is 11.8 Å². The van der Waals surface area contributed by atoms with Gasteiger partial charge in [0, 0.05) is 24.4 Å². The third-order valence-corrected chi connectivity index (χ3v) is 2.93. The van der Waals surface area contributed by atoms with Gasteiger partial charge >= 0.3 is 0 Å². The van der Waals surface area contributed by atoms with Gasteiger partial charge in [-0.25, -0.2) is 25.8 Å². The molecule has 2 aromatic rings. The van der Waals surface area contributed by atoms with Gasteiger partial charge in [0.25, 0.3) is 0 Å². The van der Waals surface area contributed by atoms with E-state index in [0.717, 1.165) is 10.9 Å². The number of nitrogens with zero attached hydrogens (tertiary/aromatic N) is 4. The Balaban J connectivity index is 2.30. The summed E-state index contributed by atoms with van der Waals surface area (Å²) in [4.78, 5) is 17.0. The Labute approximate surface area is 109 Å². The Morgan fingerprint density at radius 2 is 1.94 bits per heavy atom. The van der Waals surface area contributed by atoms with Crippen molar-refractivity contribution in [2.75, 3.05) is 5.43 Å². The molecule has 18 heavy (non-hydrogen) atoms. The highest BCUT2D eigenvalue weighted by molar-refractivity contribution is 7.99. The van der Waals surface area contributed by atoms with Crippen LogP contribution in [0.25, 0.3) is 0 Å². The van der Waals surface area contributed by atoms with Gasteiger partial charge in [0.15, 0.2) is 5.16 Å². The summed E-state index contributed by atoms with van der Waals surface area (Å²) in [5, 5.41) is 1.42. The van der Waals surface area contributed by atoms with Crippen LogP contribution in [0.4, 0.5) is 5.82 Å². The number of anilines is 1. The molecule has 3 N–H and O–H groups in total. The quantitative estimate of drug-likeness (QED) is 0.376. The lowest BCUT2D eigenvalue weighted by molar-refractivity contribution is 0.754. The Kier molecular flexibility index (Phi) is 4.06. The van der Waals surface area contributed by atoms with Crippen LogP contribution in [0.3, 0.4) is 0 Å². The molecule has 0 aliphatic carbocycles. The highest BCUT2D eigenvalue weighted by Crippen LogP contribution is 2.25. The standard InChI is InChI=1S/C11H14N6S/c1-7(2)10-15-8(17-12)6-9(16-10)18-11-13-4-3-5-14-11/h3-7H,12H2,1-2H3,(H,15,16,17). The normalized spacial score (nSPS) is 10.7. The maximum Gasteiger partial charge on any atom is 0.193 e. The summed E-state index contributed by atoms with van der Waals surface area (Å²) in [6.07, 6.45) is 3.39. The highest BCUT2D eigenvalue weighted by Gasteiger charge is 2.09. The minimum Gasteiger partial charge on any atom is -0.308 e. The molecule has 2 rings (SSSR count). The van der Waals surface area contributed by atoms with E-state index >= 15 is 0 Å². The zero-order chi connectivity index (χ0) is 13.0. The minimum absolute atomic E-state index is 0.231. The largest absolute Gasteiger partial charge is 0.308 e. The van der Waals surface area contributed by atoms with Gasteiger partial charge in [-0.15, -0.1) is 0 Å². The van der Waals surface area contributed by atoms with Crippen LogP contribution in [0.5, 0.6) is 0 Å². The van der Waals surface area contributed by atoms with Gasteiger partial charge in [-0.2, -0.15) is 0 Å². The monoisotopic (exact) mass is 262 g/mol. The summed E-state index contributed by atoms with van der Waals surface area (Å²) in [5.74, 6) is 6.96. The molecule has 0 spiro atoms. The topological polar surface area (TPSA) is 89.6 Å². The van der Waals surface area contributed by atoms with Gasteiger partial charge in [-0.3, -0.25) is 0 Å². The molecule has 2 aromatic heterocycles. The predicted molar refractivity (Wildman–Crippen MR) is 70.1 cm³/mol. The molecule has 2 heterocycles. The number of rotatable bonds is 4. The molecular formula is C11H14N6S. The van der Waals surface area contributed by atoms with E-state index in [1.807, 2.05) is 13.8 Å². The average molecular weight is 262 g/mol. The lowest BCUT2D eigenvalue weighted by atomic mass is 10.2. The Hall–Kier alpha value is -1.73. The van der Waals surface area contributed by atoms with E-state index in [-0.39, 0.29) is 5.92 Å². The molecule has 6 nitrogen and oxygen atoms in total. The molecule has 0 fully saturated rings. The molecular weight excluding hydrogens is 248 g/mol. The minimum atomic E-state index is 0.231. The third-order valence-electron chi connectivity index (χ3n) is 2.12. The maximum atomic E-state index is 5.40. The predicted octanol–water partition coefficient (Wildman–Crippen LogP) is 1.83. The van der Waals surface area contributed by atoms with Crippen LogP contribution in [-0.2, 0) is 0 Å². The van der Waals surface area contributed by atoms with Crippen molar-refractivity contribution in [3.8, 4) is 0 Å². The number of nitrogens with two attached hydrogens (primary N) is 1. The molecule has 0 radical (unpaired) electrons. The van der Waals surface area contributed by atoms with Crippen LogP contribution in [0.15, 0.2) is 34.7 Å². The molecule has 7 heteroatoms. The number of hydrogen-bond donors (Lipinski definition) is 2. The van der Waals surface area contributed by atoms with Gasteiger partial charge in [0.1, 0.15) is 16.7 Å². The van der Waals surface area contributed by atoms with E-state index in [2.05, 4.69) is 25.4 Å². The Morgan fingerprint density at radius 1 is 1.22 bits per heavy atom. The summed E-state index contributed by atoms with van der Waals surface area (Å²) >= 11 is 1.38. The fraction of sp³-hybridized carbons (Fsp3) is 0.273. The molecule has 0 atom stereocenters. The number of aromatic nitrogens is 4. The van der Waals surface area contributed by atoms with Crippen molar-refractivity contribution < 1.29 is 0 Å². The third kappa shape index (κ3) is 3.14. The number of nitrogen functional groups attached to an aromatic ring is 1. The lowest BCUT2D eigenvalue weighted by Crippen LogP contribution is -2.11. The maximum absolute atomic E-state index is 5.40. The zero-order valence-electron chi connectivity index (χ0n) is 10.2. The molecule has 0 aliphatic rings. The van der Waals surface area contributed by atoms with Gasteiger partial charge in [-0.05, 0) is 17.8 Å². The van der Waals surface area contributed by atoms with Crippen molar-refractivity contribution >= 4 is 17.6 Å². The number of hydrazine groups is 1. The first-order valence-corrected chi connectivity index (χ1v) is 6.31. The molecule has 0 aliphatic heterocycles. The fourth-order valence-corrected chi connectivity index (χ4v) is 1.98. The van der Waals surface area contributed by atoms with Crippen LogP contribution in [0.1, 0.15) is 25.6 Å². The van der Waals surface area contributed by atoms with E-state index < -0.39 is 0 Å². The average Bonchev–Trinajstić information content (AvgIpc) is 2.39. The fourth-order valence-electron chi connectivity index (χ4n) is 1.26. The number of hydrogen-bond acceptors (Lipinski definition) is 7. The van der Waals surface area contributed by atoms with E-state index in [0.29, 0.717) is 11.0 Å². The van der Waals surface area contributed by atoms with E-state index in [4.69, 9.17) is 5.84 Å². The van der Waals surface area contributed by atoms with Crippen LogP contribution >= 0.6 is 11.8 Å². The second-order valence-corrected chi connectivity index (χ2v) is 4.87. The first-order valence-electron chi connectivity index (χ1n) is 5.49. The molecule has 0 aromatic carbocycles. The molecule has 94 valence electrons. The molecule has 0 saturated carbocycles. The zero-order valence-corrected chi connectivity index (χ0v) is 11.0. The van der Waals surface area contributed by atoms with Gasteiger partial charge in [0.2, 0.25) is 0 Å². The number of nitrogens with one attached hydrogen (secondary N) is 1. The summed E-state index contributed by atoms with van der Waals surface area (Å²) in [7, 11) is 0.